The van der Waals surface area contributed by atoms with Gasteiger partial charge in [-0.05, 0) is 24.3 Å². The number of methoxy groups -OCH3 is 1. The summed E-state index contributed by atoms with van der Waals surface area (Å²) >= 11 is 0. The molecule has 3 rings (SSSR count). The Balaban J connectivity index is 2.26. The third kappa shape index (κ3) is 1.93. The first-order valence-electron chi connectivity index (χ1n) is 6.06. The average molecular weight is 269 g/mol. The molecule has 0 saturated heterocycles. The fourth-order valence-electron chi connectivity index (χ4n) is 2.06. The average Bonchev–Trinajstić information content (AvgIpc) is 2.47. The Labute approximate surface area is 115 Å². The maximum atomic E-state index is 14.3. The van der Waals surface area contributed by atoms with Crippen molar-refractivity contribution in [1.82, 2.24) is 9.97 Å². The fraction of sp³-hybridized carbons (Fsp3) is 0.0667. The van der Waals surface area contributed by atoms with Crippen molar-refractivity contribution >= 4 is 16.9 Å². The Hall–Kier alpha value is -2.69. The molecule has 0 fully saturated rings. The van der Waals surface area contributed by atoms with Crippen LogP contribution in [0.5, 0.6) is 5.75 Å². The summed E-state index contributed by atoms with van der Waals surface area (Å²) < 4.78 is 19.3. The van der Waals surface area contributed by atoms with E-state index in [0.717, 1.165) is 0 Å². The van der Waals surface area contributed by atoms with Crippen LogP contribution in [0.25, 0.3) is 22.3 Å². The van der Waals surface area contributed by atoms with Crippen LogP contribution < -0.4 is 10.5 Å². The molecule has 0 bridgehead atoms. The van der Waals surface area contributed by atoms with Gasteiger partial charge in [0, 0.05) is 5.56 Å². The zero-order valence-electron chi connectivity index (χ0n) is 10.8. The summed E-state index contributed by atoms with van der Waals surface area (Å²) in [7, 11) is 1.41. The Bertz CT molecular complexity index is 789. The van der Waals surface area contributed by atoms with Crippen molar-refractivity contribution in [2.75, 3.05) is 12.8 Å². The maximum Gasteiger partial charge on any atom is 0.174 e. The van der Waals surface area contributed by atoms with Gasteiger partial charge >= 0.3 is 0 Å². The van der Waals surface area contributed by atoms with Gasteiger partial charge in [-0.2, -0.15) is 0 Å². The lowest BCUT2D eigenvalue weighted by molar-refractivity contribution is 0.387. The molecule has 0 aliphatic carbocycles. The second kappa shape index (κ2) is 4.77. The van der Waals surface area contributed by atoms with Crippen LogP contribution in [0.15, 0.2) is 42.5 Å². The Morgan fingerprint density at radius 3 is 2.40 bits per heavy atom. The van der Waals surface area contributed by atoms with E-state index >= 15 is 0 Å². The van der Waals surface area contributed by atoms with Crippen LogP contribution in [0.1, 0.15) is 0 Å². The highest BCUT2D eigenvalue weighted by molar-refractivity contribution is 5.82. The van der Waals surface area contributed by atoms with Crippen LogP contribution in [-0.2, 0) is 0 Å². The normalized spacial score (nSPS) is 10.7. The predicted octanol–water partition coefficient (Wildman–Crippen LogP) is 3.03. The lowest BCUT2D eigenvalue weighted by Gasteiger charge is -2.09. The largest absolute Gasteiger partial charge is 0.494 e. The maximum absolute atomic E-state index is 14.3. The first-order valence-corrected chi connectivity index (χ1v) is 6.06. The van der Waals surface area contributed by atoms with E-state index in [1.807, 2.05) is 24.3 Å². The molecule has 0 amide bonds. The molecule has 100 valence electrons. The van der Waals surface area contributed by atoms with Gasteiger partial charge in [0.2, 0.25) is 0 Å². The Kier molecular flexibility index (Phi) is 2.95. The zero-order valence-corrected chi connectivity index (χ0v) is 10.8. The molecule has 0 spiro atoms. The van der Waals surface area contributed by atoms with E-state index in [9.17, 15) is 4.39 Å². The van der Waals surface area contributed by atoms with Crippen molar-refractivity contribution in [2.24, 2.45) is 0 Å². The van der Waals surface area contributed by atoms with E-state index in [2.05, 4.69) is 9.97 Å². The minimum absolute atomic E-state index is 0.150. The van der Waals surface area contributed by atoms with Gasteiger partial charge in [-0.3, -0.25) is 0 Å². The van der Waals surface area contributed by atoms with Gasteiger partial charge < -0.3 is 10.5 Å². The van der Waals surface area contributed by atoms with Crippen molar-refractivity contribution in [1.29, 1.82) is 0 Å². The van der Waals surface area contributed by atoms with Gasteiger partial charge in [-0.15, -0.1) is 0 Å². The van der Waals surface area contributed by atoms with Crippen LogP contribution in [0.4, 0.5) is 10.2 Å². The Morgan fingerprint density at radius 1 is 1.00 bits per heavy atom. The van der Waals surface area contributed by atoms with E-state index in [-0.39, 0.29) is 17.1 Å². The molecule has 0 aliphatic heterocycles. The summed E-state index contributed by atoms with van der Waals surface area (Å²) in [6.07, 6.45) is 0. The number of nitrogen functional groups attached to an aromatic ring is 1. The molecule has 0 aliphatic rings. The van der Waals surface area contributed by atoms with E-state index in [1.54, 1.807) is 18.2 Å². The van der Waals surface area contributed by atoms with Crippen LogP contribution in [0, 0.1) is 5.82 Å². The van der Waals surface area contributed by atoms with E-state index < -0.39 is 5.82 Å². The first-order chi connectivity index (χ1) is 9.70. The summed E-state index contributed by atoms with van der Waals surface area (Å²) in [6, 6.07) is 12.2. The SMILES string of the molecule is COc1cccc(-c2nc3ccccc3nc2N)c1F. The van der Waals surface area contributed by atoms with Crippen LogP contribution in [0.3, 0.4) is 0 Å². The number of halogens is 1. The third-order valence-corrected chi connectivity index (χ3v) is 3.04. The van der Waals surface area contributed by atoms with Gasteiger partial charge in [0.05, 0.1) is 18.1 Å². The smallest absolute Gasteiger partial charge is 0.174 e. The number of benzene rings is 2. The molecule has 0 unspecified atom stereocenters. The highest BCUT2D eigenvalue weighted by Crippen LogP contribution is 2.31. The molecule has 2 N–H and O–H groups in total. The molecule has 0 saturated carbocycles. The summed E-state index contributed by atoms with van der Waals surface area (Å²) in [5.41, 5.74) is 7.84. The quantitative estimate of drug-likeness (QED) is 0.776. The number of hydrogen-bond acceptors (Lipinski definition) is 4. The monoisotopic (exact) mass is 269 g/mol. The molecule has 3 aromatic rings. The summed E-state index contributed by atoms with van der Waals surface area (Å²) in [4.78, 5) is 8.65. The minimum Gasteiger partial charge on any atom is -0.494 e. The van der Waals surface area contributed by atoms with Crippen molar-refractivity contribution in [3.05, 3.63) is 48.3 Å². The molecule has 0 atom stereocenters. The predicted molar refractivity (Wildman–Crippen MR) is 75.9 cm³/mol. The topological polar surface area (TPSA) is 61.0 Å². The number of para-hydroxylation sites is 2. The number of nitrogens with two attached hydrogens (primary N) is 1. The van der Waals surface area contributed by atoms with Crippen LogP contribution >= 0.6 is 0 Å². The van der Waals surface area contributed by atoms with Gasteiger partial charge in [0.25, 0.3) is 0 Å². The summed E-state index contributed by atoms with van der Waals surface area (Å²) in [5, 5.41) is 0. The van der Waals surface area contributed by atoms with Crippen molar-refractivity contribution < 1.29 is 9.13 Å². The van der Waals surface area contributed by atoms with Crippen LogP contribution in [0.2, 0.25) is 0 Å². The van der Waals surface area contributed by atoms with Crippen molar-refractivity contribution in [3.8, 4) is 17.0 Å². The number of fused-ring (bicyclic) bond motifs is 1. The number of rotatable bonds is 2. The van der Waals surface area contributed by atoms with Crippen molar-refractivity contribution in [3.63, 3.8) is 0 Å². The number of nitrogens with zero attached hydrogens (tertiary/aromatic N) is 2. The Morgan fingerprint density at radius 2 is 1.70 bits per heavy atom. The van der Waals surface area contributed by atoms with Crippen molar-refractivity contribution in [2.45, 2.75) is 0 Å². The van der Waals surface area contributed by atoms with Gasteiger partial charge in [0.15, 0.2) is 17.4 Å². The molecule has 20 heavy (non-hydrogen) atoms. The van der Waals surface area contributed by atoms with E-state index in [0.29, 0.717) is 16.7 Å². The third-order valence-electron chi connectivity index (χ3n) is 3.04. The standard InChI is InChI=1S/C15H12FN3O/c1-20-12-8-4-5-9(13(12)16)14-15(17)19-11-7-3-2-6-10(11)18-14/h2-8H,1H3,(H2,17,19). The summed E-state index contributed by atoms with van der Waals surface area (Å²) in [6.45, 7) is 0. The zero-order chi connectivity index (χ0) is 14.1. The second-order valence-corrected chi connectivity index (χ2v) is 4.27. The second-order valence-electron chi connectivity index (χ2n) is 4.27. The molecule has 1 aromatic heterocycles. The number of ether oxygens (including phenoxy) is 1. The van der Waals surface area contributed by atoms with E-state index in [1.165, 1.54) is 7.11 Å². The van der Waals surface area contributed by atoms with Crippen LogP contribution in [-0.4, -0.2) is 17.1 Å². The summed E-state index contributed by atoms with van der Waals surface area (Å²) in [5.74, 6) is -0.154. The molecule has 5 heteroatoms. The van der Waals surface area contributed by atoms with Gasteiger partial charge in [-0.25, -0.2) is 14.4 Å². The van der Waals surface area contributed by atoms with E-state index in [4.69, 9.17) is 10.5 Å². The lowest BCUT2D eigenvalue weighted by Crippen LogP contribution is -2.00. The lowest BCUT2D eigenvalue weighted by atomic mass is 10.1. The molecule has 2 aromatic carbocycles. The molecule has 4 nitrogen and oxygen atoms in total. The molecular weight excluding hydrogens is 257 g/mol. The number of hydrogen-bond donors (Lipinski definition) is 1. The minimum atomic E-state index is -0.494. The highest BCUT2D eigenvalue weighted by Gasteiger charge is 2.15. The molecular formula is C15H12FN3O. The van der Waals surface area contributed by atoms with Gasteiger partial charge in [0.1, 0.15) is 5.69 Å². The fourth-order valence-corrected chi connectivity index (χ4v) is 2.06. The number of aromatic nitrogens is 2. The highest BCUT2D eigenvalue weighted by atomic mass is 19.1. The number of anilines is 1. The van der Waals surface area contributed by atoms with Gasteiger partial charge in [-0.1, -0.05) is 18.2 Å². The first kappa shape index (κ1) is 12.3. The molecule has 1 heterocycles. The molecule has 0 radical (unpaired) electrons.